The lowest BCUT2D eigenvalue weighted by Crippen LogP contribution is -2.31. The molecule has 4 heteroatoms. The minimum absolute atomic E-state index is 0.125. The van der Waals surface area contributed by atoms with Gasteiger partial charge in [0.1, 0.15) is 0 Å². The molecule has 0 unspecified atom stereocenters. The van der Waals surface area contributed by atoms with Crippen LogP contribution in [0.4, 0.5) is 5.69 Å². The molecule has 1 amide bonds. The summed E-state index contributed by atoms with van der Waals surface area (Å²) in [6, 6.07) is 8.04. The molecule has 0 spiro atoms. The van der Waals surface area contributed by atoms with Gasteiger partial charge in [0.25, 0.3) is 0 Å². The fraction of sp³-hybridized carbons (Fsp3) is 0.333. The van der Waals surface area contributed by atoms with Crippen LogP contribution >= 0.6 is 11.3 Å². The Hall–Kier alpha value is -1.68. The minimum atomic E-state index is 0.125. The zero-order valence-electron chi connectivity index (χ0n) is 11.5. The molecule has 1 aromatic heterocycles. The number of anilines is 1. The smallest absolute Gasteiger partial charge is 0.232 e. The first-order valence-corrected chi connectivity index (χ1v) is 7.25. The van der Waals surface area contributed by atoms with Crippen LogP contribution in [0.5, 0.6) is 0 Å². The number of carbonyl (C=O) groups is 1. The Morgan fingerprint density at radius 1 is 1.37 bits per heavy atom. The topological polar surface area (TPSA) is 33.2 Å². The Morgan fingerprint density at radius 3 is 2.74 bits per heavy atom. The van der Waals surface area contributed by atoms with E-state index in [9.17, 15) is 4.79 Å². The first-order chi connectivity index (χ1) is 9.11. The van der Waals surface area contributed by atoms with Crippen LogP contribution in [0.1, 0.15) is 23.1 Å². The van der Waals surface area contributed by atoms with Crippen LogP contribution in [0.25, 0.3) is 0 Å². The van der Waals surface area contributed by atoms with E-state index in [1.807, 2.05) is 49.9 Å². The fourth-order valence-corrected chi connectivity index (χ4v) is 2.80. The predicted molar refractivity (Wildman–Crippen MR) is 79.8 cm³/mol. The molecule has 0 fully saturated rings. The van der Waals surface area contributed by atoms with Crippen molar-refractivity contribution in [2.45, 2.75) is 27.2 Å². The number of thiazole rings is 1. The highest BCUT2D eigenvalue weighted by atomic mass is 32.1. The largest absolute Gasteiger partial charge is 0.312 e. The average Bonchev–Trinajstić information content (AvgIpc) is 2.76. The molecule has 2 aromatic rings. The molecule has 3 nitrogen and oxygen atoms in total. The highest BCUT2D eigenvalue weighted by molar-refractivity contribution is 7.09. The van der Waals surface area contributed by atoms with E-state index in [1.54, 1.807) is 16.8 Å². The second-order valence-electron chi connectivity index (χ2n) is 4.51. The third-order valence-electron chi connectivity index (χ3n) is 3.09. The van der Waals surface area contributed by atoms with Gasteiger partial charge in [-0.25, -0.2) is 4.98 Å². The second kappa shape index (κ2) is 5.97. The van der Waals surface area contributed by atoms with E-state index in [1.165, 1.54) is 0 Å². The number of nitrogens with zero attached hydrogens (tertiary/aromatic N) is 2. The molecule has 100 valence electrons. The molecule has 0 saturated carbocycles. The predicted octanol–water partition coefficient (Wildman–Crippen LogP) is 3.36. The van der Waals surface area contributed by atoms with E-state index in [0.29, 0.717) is 13.0 Å². The summed E-state index contributed by atoms with van der Waals surface area (Å²) in [7, 11) is 0. The van der Waals surface area contributed by atoms with Gasteiger partial charge in [0.05, 0.1) is 17.6 Å². The number of amides is 1. The average molecular weight is 274 g/mol. The molecule has 1 aromatic carbocycles. The van der Waals surface area contributed by atoms with Gasteiger partial charge in [-0.15, -0.1) is 11.3 Å². The summed E-state index contributed by atoms with van der Waals surface area (Å²) in [5.74, 6) is 0.125. The Labute approximate surface area is 117 Å². The number of aryl methyl sites for hydroxylation is 2. The van der Waals surface area contributed by atoms with Gasteiger partial charge in [-0.05, 0) is 38.5 Å². The number of carbonyl (C=O) groups excluding carboxylic acids is 1. The van der Waals surface area contributed by atoms with E-state index in [2.05, 4.69) is 4.98 Å². The zero-order valence-corrected chi connectivity index (χ0v) is 12.3. The van der Waals surface area contributed by atoms with Crippen molar-refractivity contribution >= 4 is 22.9 Å². The lowest BCUT2D eigenvalue weighted by atomic mass is 10.2. The summed E-state index contributed by atoms with van der Waals surface area (Å²) in [4.78, 5) is 19.5. The van der Waals surface area contributed by atoms with Gasteiger partial charge in [0.15, 0.2) is 0 Å². The number of aromatic nitrogens is 1. The fourth-order valence-electron chi connectivity index (χ4n) is 2.03. The van der Waals surface area contributed by atoms with E-state index in [0.717, 1.165) is 21.8 Å². The van der Waals surface area contributed by atoms with Gasteiger partial charge in [-0.3, -0.25) is 4.79 Å². The molecule has 0 N–H and O–H groups in total. The normalized spacial score (nSPS) is 10.5. The summed E-state index contributed by atoms with van der Waals surface area (Å²) in [6.45, 7) is 6.66. The monoisotopic (exact) mass is 274 g/mol. The molecule has 0 saturated heterocycles. The molecule has 0 radical (unpaired) electrons. The maximum atomic E-state index is 12.4. The van der Waals surface area contributed by atoms with Crippen molar-refractivity contribution in [3.8, 4) is 0 Å². The lowest BCUT2D eigenvalue weighted by Gasteiger charge is -2.21. The summed E-state index contributed by atoms with van der Waals surface area (Å²) < 4.78 is 0. The molecule has 0 aliphatic rings. The minimum Gasteiger partial charge on any atom is -0.312 e. The molecule has 2 rings (SSSR count). The van der Waals surface area contributed by atoms with E-state index in [-0.39, 0.29) is 5.91 Å². The maximum absolute atomic E-state index is 12.4. The molecular weight excluding hydrogens is 256 g/mol. The SMILES string of the molecule is CCN(C(=O)Cc1scnc1C)c1cccc(C)c1. The number of likely N-dealkylation sites (N-methyl/N-ethyl adjacent to an activating group) is 1. The van der Waals surface area contributed by atoms with Crippen molar-refractivity contribution in [1.82, 2.24) is 4.98 Å². The van der Waals surface area contributed by atoms with Crippen molar-refractivity contribution in [2.24, 2.45) is 0 Å². The highest BCUT2D eigenvalue weighted by Gasteiger charge is 2.16. The van der Waals surface area contributed by atoms with Crippen molar-refractivity contribution < 1.29 is 4.79 Å². The zero-order chi connectivity index (χ0) is 13.8. The van der Waals surface area contributed by atoms with Gasteiger partial charge in [0, 0.05) is 17.1 Å². The summed E-state index contributed by atoms with van der Waals surface area (Å²) in [5, 5.41) is 0. The van der Waals surface area contributed by atoms with Crippen LogP contribution in [0.15, 0.2) is 29.8 Å². The van der Waals surface area contributed by atoms with Crippen LogP contribution in [-0.4, -0.2) is 17.4 Å². The highest BCUT2D eigenvalue weighted by Crippen LogP contribution is 2.19. The molecule has 0 aliphatic heterocycles. The van der Waals surface area contributed by atoms with Gasteiger partial charge in [-0.1, -0.05) is 12.1 Å². The molecule has 19 heavy (non-hydrogen) atoms. The molecular formula is C15H18N2OS. The Morgan fingerprint density at radius 2 is 2.16 bits per heavy atom. The molecule has 0 atom stereocenters. The van der Waals surface area contributed by atoms with Crippen molar-refractivity contribution in [3.05, 3.63) is 45.9 Å². The van der Waals surface area contributed by atoms with Gasteiger partial charge in [0.2, 0.25) is 5.91 Å². The van der Waals surface area contributed by atoms with Crippen molar-refractivity contribution in [2.75, 3.05) is 11.4 Å². The van der Waals surface area contributed by atoms with Crippen molar-refractivity contribution in [1.29, 1.82) is 0 Å². The van der Waals surface area contributed by atoms with E-state index in [4.69, 9.17) is 0 Å². The Kier molecular flexibility index (Phi) is 4.32. The van der Waals surface area contributed by atoms with E-state index >= 15 is 0 Å². The third kappa shape index (κ3) is 3.20. The number of rotatable bonds is 4. The molecule has 0 aliphatic carbocycles. The van der Waals surface area contributed by atoms with Gasteiger partial charge in [-0.2, -0.15) is 0 Å². The Balaban J connectivity index is 2.18. The van der Waals surface area contributed by atoms with Crippen LogP contribution in [-0.2, 0) is 11.2 Å². The van der Waals surface area contributed by atoms with Crippen molar-refractivity contribution in [3.63, 3.8) is 0 Å². The summed E-state index contributed by atoms with van der Waals surface area (Å²) >= 11 is 1.55. The number of benzene rings is 1. The quantitative estimate of drug-likeness (QED) is 0.856. The van der Waals surface area contributed by atoms with Gasteiger partial charge < -0.3 is 4.90 Å². The van der Waals surface area contributed by atoms with Gasteiger partial charge >= 0.3 is 0 Å². The molecule has 1 heterocycles. The van der Waals surface area contributed by atoms with Crippen LogP contribution in [0.2, 0.25) is 0 Å². The van der Waals surface area contributed by atoms with E-state index < -0.39 is 0 Å². The first-order valence-electron chi connectivity index (χ1n) is 6.37. The standard InChI is InChI=1S/C15H18N2OS/c1-4-17(13-7-5-6-11(2)8-13)15(18)9-14-12(3)16-10-19-14/h5-8,10H,4,9H2,1-3H3. The van der Waals surface area contributed by atoms with Crippen LogP contribution in [0, 0.1) is 13.8 Å². The molecule has 0 bridgehead atoms. The summed E-state index contributed by atoms with van der Waals surface area (Å²) in [6.07, 6.45) is 0.429. The van der Waals surface area contributed by atoms with Crippen LogP contribution in [0.3, 0.4) is 0 Å². The maximum Gasteiger partial charge on any atom is 0.232 e. The Bertz CT molecular complexity index is 577. The summed E-state index contributed by atoms with van der Waals surface area (Å²) in [5.41, 5.74) is 4.88. The third-order valence-corrected chi connectivity index (χ3v) is 4.02. The lowest BCUT2D eigenvalue weighted by molar-refractivity contribution is -0.117. The first kappa shape index (κ1) is 13.7. The van der Waals surface area contributed by atoms with Crippen LogP contribution < -0.4 is 4.90 Å². The number of hydrogen-bond donors (Lipinski definition) is 0. The number of hydrogen-bond acceptors (Lipinski definition) is 3. The second-order valence-corrected chi connectivity index (χ2v) is 5.45.